The summed E-state index contributed by atoms with van der Waals surface area (Å²) in [6.07, 6.45) is 1.06. The van der Waals surface area contributed by atoms with Crippen LogP contribution in [-0.4, -0.2) is 29.5 Å². The largest absolute Gasteiger partial charge is 0.328 e. The number of halogens is 1. The van der Waals surface area contributed by atoms with Gasteiger partial charge in [-0.1, -0.05) is 6.07 Å². The van der Waals surface area contributed by atoms with Crippen LogP contribution in [0, 0.1) is 10.6 Å². The lowest BCUT2D eigenvalue weighted by Crippen LogP contribution is -2.25. The van der Waals surface area contributed by atoms with E-state index in [4.69, 9.17) is 12.2 Å². The molecule has 19 heavy (non-hydrogen) atoms. The molecule has 0 saturated carbocycles. The maximum atomic E-state index is 13.7. The van der Waals surface area contributed by atoms with Crippen molar-refractivity contribution in [1.82, 2.24) is 9.55 Å². The van der Waals surface area contributed by atoms with Gasteiger partial charge in [0.1, 0.15) is 21.2 Å². The standard InChI is InChI=1S/C12H13FN2O2S2/c13-9-2-1-3-10-11(9)14-12(18)15(10)8-4-6-19(16,17)7-5-8/h1-3,8H,4-7H2,(H,14,18). The molecule has 0 unspecified atom stereocenters. The van der Waals surface area contributed by atoms with Crippen LogP contribution < -0.4 is 0 Å². The van der Waals surface area contributed by atoms with Crippen LogP contribution in [0.1, 0.15) is 18.9 Å². The first-order valence-electron chi connectivity index (χ1n) is 6.07. The summed E-state index contributed by atoms with van der Waals surface area (Å²) in [5.74, 6) is -0.00570. The van der Waals surface area contributed by atoms with Crippen LogP contribution in [0.15, 0.2) is 18.2 Å². The average molecular weight is 300 g/mol. The van der Waals surface area contributed by atoms with Crippen molar-refractivity contribution in [2.75, 3.05) is 11.5 Å². The number of imidazole rings is 1. The van der Waals surface area contributed by atoms with Gasteiger partial charge in [0.25, 0.3) is 0 Å². The number of hydrogen-bond acceptors (Lipinski definition) is 3. The van der Waals surface area contributed by atoms with E-state index in [2.05, 4.69) is 4.98 Å². The molecule has 3 rings (SSSR count). The van der Waals surface area contributed by atoms with E-state index in [1.54, 1.807) is 12.1 Å². The minimum Gasteiger partial charge on any atom is -0.328 e. The molecule has 1 aromatic carbocycles. The van der Waals surface area contributed by atoms with Crippen molar-refractivity contribution < 1.29 is 12.8 Å². The fourth-order valence-electron chi connectivity index (χ4n) is 2.61. The first-order valence-corrected chi connectivity index (χ1v) is 8.30. The van der Waals surface area contributed by atoms with Gasteiger partial charge in [-0.25, -0.2) is 12.8 Å². The Morgan fingerprint density at radius 2 is 2.00 bits per heavy atom. The Kier molecular flexibility index (Phi) is 2.98. The molecular formula is C12H13FN2O2S2. The van der Waals surface area contributed by atoms with Gasteiger partial charge in [0.05, 0.1) is 17.0 Å². The summed E-state index contributed by atoms with van der Waals surface area (Å²) >= 11 is 5.24. The number of hydrogen-bond donors (Lipinski definition) is 1. The van der Waals surface area contributed by atoms with Crippen molar-refractivity contribution in [3.63, 3.8) is 0 Å². The summed E-state index contributed by atoms with van der Waals surface area (Å²) in [6, 6.07) is 4.83. The van der Waals surface area contributed by atoms with Crippen LogP contribution in [0.5, 0.6) is 0 Å². The molecule has 1 fully saturated rings. The van der Waals surface area contributed by atoms with Crippen LogP contribution >= 0.6 is 12.2 Å². The lowest BCUT2D eigenvalue weighted by Gasteiger charge is -2.23. The van der Waals surface area contributed by atoms with Crippen LogP contribution in [0.4, 0.5) is 4.39 Å². The first-order chi connectivity index (χ1) is 8.98. The van der Waals surface area contributed by atoms with Gasteiger partial charge >= 0.3 is 0 Å². The molecular weight excluding hydrogens is 287 g/mol. The molecule has 0 bridgehead atoms. The average Bonchev–Trinajstić information content (AvgIpc) is 2.68. The topological polar surface area (TPSA) is 54.9 Å². The third-order valence-corrected chi connectivity index (χ3v) is 5.61. The second-order valence-electron chi connectivity index (χ2n) is 4.82. The van der Waals surface area contributed by atoms with Gasteiger partial charge in [-0.2, -0.15) is 0 Å². The Bertz CT molecular complexity index is 778. The van der Waals surface area contributed by atoms with Crippen molar-refractivity contribution in [3.05, 3.63) is 28.8 Å². The fraction of sp³-hybridized carbons (Fsp3) is 0.417. The number of rotatable bonds is 1. The van der Waals surface area contributed by atoms with Crippen LogP contribution in [0.3, 0.4) is 0 Å². The molecule has 0 amide bonds. The van der Waals surface area contributed by atoms with Gasteiger partial charge in [-0.3, -0.25) is 0 Å². The molecule has 0 aliphatic carbocycles. The number of fused-ring (bicyclic) bond motifs is 1. The zero-order valence-corrected chi connectivity index (χ0v) is 11.7. The van der Waals surface area contributed by atoms with E-state index in [0.717, 1.165) is 0 Å². The smallest absolute Gasteiger partial charge is 0.178 e. The number of nitrogens with zero attached hydrogens (tertiary/aromatic N) is 1. The zero-order chi connectivity index (χ0) is 13.6. The van der Waals surface area contributed by atoms with Gasteiger partial charge in [0, 0.05) is 6.04 Å². The monoisotopic (exact) mass is 300 g/mol. The predicted molar refractivity (Wildman–Crippen MR) is 74.0 cm³/mol. The summed E-state index contributed by atoms with van der Waals surface area (Å²) in [5.41, 5.74) is 1.09. The Labute approximate surface area is 115 Å². The van der Waals surface area contributed by atoms with Gasteiger partial charge < -0.3 is 9.55 Å². The quantitative estimate of drug-likeness (QED) is 0.824. The summed E-state index contributed by atoms with van der Waals surface area (Å²) in [5, 5.41) is 0. The number of aromatic nitrogens is 2. The molecule has 2 aromatic rings. The maximum Gasteiger partial charge on any atom is 0.178 e. The normalized spacial score (nSPS) is 19.8. The summed E-state index contributed by atoms with van der Waals surface area (Å²) in [7, 11) is -2.91. The molecule has 7 heteroatoms. The lowest BCUT2D eigenvalue weighted by atomic mass is 10.1. The molecule has 1 N–H and O–H groups in total. The van der Waals surface area contributed by atoms with Crippen LogP contribution in [0.25, 0.3) is 11.0 Å². The minimum absolute atomic E-state index is 0.0200. The van der Waals surface area contributed by atoms with Crippen molar-refractivity contribution in [2.45, 2.75) is 18.9 Å². The Morgan fingerprint density at radius 3 is 2.68 bits per heavy atom. The number of nitrogens with one attached hydrogen (secondary N) is 1. The van der Waals surface area contributed by atoms with Gasteiger partial charge in [0.15, 0.2) is 4.77 Å². The third kappa shape index (κ3) is 2.21. The first kappa shape index (κ1) is 12.8. The number of benzene rings is 1. The Balaban J connectivity index is 2.09. The van der Waals surface area contributed by atoms with E-state index >= 15 is 0 Å². The molecule has 1 saturated heterocycles. The highest BCUT2D eigenvalue weighted by atomic mass is 32.2. The lowest BCUT2D eigenvalue weighted by molar-refractivity contribution is 0.455. The molecule has 0 spiro atoms. The van der Waals surface area contributed by atoms with Crippen molar-refractivity contribution >= 4 is 33.1 Å². The SMILES string of the molecule is O=S1(=O)CCC(n2c(=S)[nH]c3c(F)cccc32)CC1. The highest BCUT2D eigenvalue weighted by Crippen LogP contribution is 2.29. The van der Waals surface area contributed by atoms with E-state index < -0.39 is 9.84 Å². The van der Waals surface area contributed by atoms with E-state index in [0.29, 0.717) is 28.6 Å². The molecule has 1 aliphatic heterocycles. The Morgan fingerprint density at radius 1 is 1.32 bits per heavy atom. The van der Waals surface area contributed by atoms with E-state index in [9.17, 15) is 12.8 Å². The van der Waals surface area contributed by atoms with Gasteiger partial charge in [0.2, 0.25) is 0 Å². The molecule has 0 radical (unpaired) electrons. The zero-order valence-electron chi connectivity index (χ0n) is 10.1. The van der Waals surface area contributed by atoms with Crippen LogP contribution in [0.2, 0.25) is 0 Å². The predicted octanol–water partition coefficient (Wildman–Crippen LogP) is 2.59. The molecule has 0 atom stereocenters. The van der Waals surface area contributed by atoms with Crippen molar-refractivity contribution in [1.29, 1.82) is 0 Å². The molecule has 1 aromatic heterocycles. The van der Waals surface area contributed by atoms with E-state index in [1.807, 2.05) is 4.57 Å². The maximum absolute atomic E-state index is 13.7. The van der Waals surface area contributed by atoms with Gasteiger partial charge in [-0.15, -0.1) is 0 Å². The minimum atomic E-state index is -2.91. The summed E-state index contributed by atoms with van der Waals surface area (Å²) < 4.78 is 38.9. The summed E-state index contributed by atoms with van der Waals surface area (Å²) in [4.78, 5) is 2.87. The highest BCUT2D eigenvalue weighted by molar-refractivity contribution is 7.91. The van der Waals surface area contributed by atoms with E-state index in [-0.39, 0.29) is 23.4 Å². The van der Waals surface area contributed by atoms with E-state index in [1.165, 1.54) is 6.07 Å². The fourth-order valence-corrected chi connectivity index (χ4v) is 4.43. The third-order valence-electron chi connectivity index (χ3n) is 3.59. The number of para-hydroxylation sites is 1. The second-order valence-corrected chi connectivity index (χ2v) is 7.51. The number of H-pyrrole nitrogens is 1. The molecule has 2 heterocycles. The van der Waals surface area contributed by atoms with Crippen molar-refractivity contribution in [2.24, 2.45) is 0 Å². The second kappa shape index (κ2) is 4.42. The summed E-state index contributed by atoms with van der Waals surface area (Å²) in [6.45, 7) is 0. The van der Waals surface area contributed by atoms with Crippen molar-refractivity contribution in [3.8, 4) is 0 Å². The Hall–Kier alpha value is -1.21. The molecule has 1 aliphatic rings. The molecule has 4 nitrogen and oxygen atoms in total. The van der Waals surface area contributed by atoms with Gasteiger partial charge in [-0.05, 0) is 37.2 Å². The number of sulfone groups is 1. The molecule has 102 valence electrons. The highest BCUT2D eigenvalue weighted by Gasteiger charge is 2.26. The number of aromatic amines is 1. The van der Waals surface area contributed by atoms with Crippen LogP contribution in [-0.2, 0) is 9.84 Å².